The van der Waals surface area contributed by atoms with Crippen molar-refractivity contribution in [3.63, 3.8) is 0 Å². The van der Waals surface area contributed by atoms with Gasteiger partial charge in [-0.2, -0.15) is 0 Å². The Hall–Kier alpha value is -1.41. The van der Waals surface area contributed by atoms with Crippen molar-refractivity contribution in [2.75, 3.05) is 0 Å². The fraction of sp³-hybridized carbons (Fsp3) is 0.353. The third-order valence-electron chi connectivity index (χ3n) is 3.27. The van der Waals surface area contributed by atoms with Gasteiger partial charge in [0.25, 0.3) is 0 Å². The Morgan fingerprint density at radius 3 is 2.32 bits per heavy atom. The molecule has 19 heavy (non-hydrogen) atoms. The molecule has 2 aromatic rings. The summed E-state index contributed by atoms with van der Waals surface area (Å²) in [4.78, 5) is 4.24. The summed E-state index contributed by atoms with van der Waals surface area (Å²) in [5.74, 6) is 0. The molecule has 1 aromatic heterocycles. The van der Waals surface area contributed by atoms with E-state index in [9.17, 15) is 0 Å². The summed E-state index contributed by atoms with van der Waals surface area (Å²) in [5, 5.41) is 1.31. The van der Waals surface area contributed by atoms with Gasteiger partial charge in [0.1, 0.15) is 0 Å². The first-order valence-corrected chi connectivity index (χ1v) is 9.84. The Labute approximate surface area is 126 Å². The minimum Gasteiger partial charge on any atom is -0.256 e. The zero-order valence-corrected chi connectivity index (χ0v) is 12.8. The van der Waals surface area contributed by atoms with Crippen molar-refractivity contribution >= 4 is 13.3 Å². The second-order valence-corrected chi connectivity index (χ2v) is 11.0. The maximum atomic E-state index is 7.68. The van der Waals surface area contributed by atoms with E-state index in [-0.39, 0.29) is 11.1 Å². The van der Waals surface area contributed by atoms with Crippen LogP contribution in [0.1, 0.15) is 24.9 Å². The molecule has 1 nitrogen and oxygen atoms in total. The number of aryl methyl sites for hydroxylation is 3. The van der Waals surface area contributed by atoms with Crippen molar-refractivity contribution in [1.82, 2.24) is 4.98 Å². The third kappa shape index (κ3) is 2.95. The summed E-state index contributed by atoms with van der Waals surface area (Å²) in [7, 11) is -1.45. The minimum atomic E-state index is -2.51. The van der Waals surface area contributed by atoms with Gasteiger partial charge < -0.3 is 0 Å². The lowest BCUT2D eigenvalue weighted by atomic mass is 10.0. The molecule has 0 spiro atoms. The van der Waals surface area contributed by atoms with E-state index >= 15 is 0 Å². The smallest absolute Gasteiger partial charge is 0.0776 e. The van der Waals surface area contributed by atoms with E-state index in [0.717, 1.165) is 11.1 Å². The molecule has 1 heterocycles. The molecule has 0 saturated heterocycles. The van der Waals surface area contributed by atoms with Crippen molar-refractivity contribution in [2.24, 2.45) is 0 Å². The van der Waals surface area contributed by atoms with Crippen LogP contribution in [0.4, 0.5) is 0 Å². The highest BCUT2D eigenvalue weighted by Gasteiger charge is 2.17. The number of hydrogen-bond donors (Lipinski definition) is 0. The van der Waals surface area contributed by atoms with Gasteiger partial charge in [0.05, 0.1) is 13.8 Å². The SMILES string of the molecule is [2H]C([2H])([2H])c1cnc(-c2ccc([Si](C)(C)C)cc2C)cc1C([2H])([2H])[2H]. The summed E-state index contributed by atoms with van der Waals surface area (Å²) < 4.78 is 45.7. The van der Waals surface area contributed by atoms with Gasteiger partial charge in [-0.25, -0.2) is 0 Å². The highest BCUT2D eigenvalue weighted by Crippen LogP contribution is 2.23. The predicted octanol–water partition coefficient (Wildman–Crippen LogP) is 4.22. The molecule has 0 N–H and O–H groups in total. The molecule has 0 atom stereocenters. The van der Waals surface area contributed by atoms with E-state index in [0.29, 0.717) is 5.69 Å². The number of benzene rings is 1. The van der Waals surface area contributed by atoms with Gasteiger partial charge in [-0.05, 0) is 43.4 Å². The van der Waals surface area contributed by atoms with Gasteiger partial charge in [-0.15, -0.1) is 0 Å². The molecule has 0 fully saturated rings. The molecule has 0 unspecified atom stereocenters. The summed E-state index contributed by atoms with van der Waals surface area (Å²) in [6.07, 6.45) is 1.18. The van der Waals surface area contributed by atoms with Crippen molar-refractivity contribution in [3.05, 3.63) is 47.2 Å². The van der Waals surface area contributed by atoms with E-state index < -0.39 is 21.8 Å². The first-order chi connectivity index (χ1) is 11.2. The molecule has 0 amide bonds. The van der Waals surface area contributed by atoms with Crippen molar-refractivity contribution < 1.29 is 8.22 Å². The molecule has 0 radical (unpaired) electrons. The molecule has 2 rings (SSSR count). The topological polar surface area (TPSA) is 12.9 Å². The van der Waals surface area contributed by atoms with Crippen LogP contribution in [0.5, 0.6) is 0 Å². The quantitative estimate of drug-likeness (QED) is 0.748. The van der Waals surface area contributed by atoms with E-state index in [2.05, 4.69) is 36.8 Å². The molecule has 1 aromatic carbocycles. The lowest BCUT2D eigenvalue weighted by Gasteiger charge is -2.18. The van der Waals surface area contributed by atoms with Gasteiger partial charge in [0.2, 0.25) is 0 Å². The van der Waals surface area contributed by atoms with Crippen LogP contribution in [-0.2, 0) is 0 Å². The van der Waals surface area contributed by atoms with Gasteiger partial charge >= 0.3 is 0 Å². The lowest BCUT2D eigenvalue weighted by molar-refractivity contribution is 1.21. The number of pyridine rings is 1. The molecular formula is C17H23NSi. The summed E-state index contributed by atoms with van der Waals surface area (Å²) in [6, 6.07) is 7.52. The second-order valence-electron chi connectivity index (χ2n) is 5.89. The molecule has 0 aliphatic heterocycles. The molecule has 100 valence electrons. The average Bonchev–Trinajstić information content (AvgIpc) is 2.43. The standard InChI is InChI=1S/C17H23NSi/c1-12-10-17(18-11-14(12)3)16-8-7-15(9-13(16)2)19(4,5)6/h7-11H,1-6H3/i1D3,3D3. The second kappa shape index (κ2) is 4.93. The van der Waals surface area contributed by atoms with Crippen LogP contribution in [0, 0.1) is 20.6 Å². The molecule has 0 aliphatic carbocycles. The van der Waals surface area contributed by atoms with Crippen molar-refractivity contribution in [2.45, 2.75) is 40.3 Å². The maximum absolute atomic E-state index is 7.68. The third-order valence-corrected chi connectivity index (χ3v) is 5.32. The van der Waals surface area contributed by atoms with Crippen LogP contribution in [-0.4, -0.2) is 13.1 Å². The molecular weight excluding hydrogens is 246 g/mol. The molecule has 0 bridgehead atoms. The van der Waals surface area contributed by atoms with Gasteiger partial charge in [0.15, 0.2) is 0 Å². The molecule has 2 heteroatoms. The largest absolute Gasteiger partial charge is 0.256 e. The first kappa shape index (κ1) is 8.00. The van der Waals surface area contributed by atoms with Crippen molar-refractivity contribution in [1.29, 1.82) is 0 Å². The Bertz CT molecular complexity index is 787. The number of rotatable bonds is 2. The fourth-order valence-corrected chi connectivity index (χ4v) is 3.25. The monoisotopic (exact) mass is 275 g/mol. The first-order valence-electron chi connectivity index (χ1n) is 9.34. The van der Waals surface area contributed by atoms with Gasteiger partial charge in [0, 0.05) is 20.0 Å². The van der Waals surface area contributed by atoms with Gasteiger partial charge in [-0.1, -0.05) is 43.0 Å². The number of hydrogen-bond acceptors (Lipinski definition) is 1. The van der Waals surface area contributed by atoms with Crippen LogP contribution in [0.3, 0.4) is 0 Å². The Kier molecular flexibility index (Phi) is 2.08. The molecule has 0 aliphatic rings. The van der Waals surface area contributed by atoms with Crippen LogP contribution in [0.2, 0.25) is 19.6 Å². The minimum absolute atomic E-state index is 0.161. The van der Waals surface area contributed by atoms with E-state index in [4.69, 9.17) is 8.22 Å². The van der Waals surface area contributed by atoms with Crippen LogP contribution in [0.15, 0.2) is 30.5 Å². The van der Waals surface area contributed by atoms with E-state index in [1.54, 1.807) is 0 Å². The average molecular weight is 276 g/mol. The van der Waals surface area contributed by atoms with E-state index in [1.807, 2.05) is 13.0 Å². The van der Waals surface area contributed by atoms with Crippen LogP contribution < -0.4 is 5.19 Å². The number of aromatic nitrogens is 1. The predicted molar refractivity (Wildman–Crippen MR) is 86.9 cm³/mol. The summed E-state index contributed by atoms with van der Waals surface area (Å²) >= 11 is 0. The summed E-state index contributed by atoms with van der Waals surface area (Å²) in [5.41, 5.74) is 1.94. The number of nitrogens with zero attached hydrogens (tertiary/aromatic N) is 1. The highest BCUT2D eigenvalue weighted by atomic mass is 28.3. The Morgan fingerprint density at radius 1 is 1.00 bits per heavy atom. The summed E-state index contributed by atoms with van der Waals surface area (Å²) in [6.45, 7) is 3.74. The fourth-order valence-electron chi connectivity index (χ4n) is 2.02. The maximum Gasteiger partial charge on any atom is 0.0776 e. The normalized spacial score (nSPS) is 17.7. The van der Waals surface area contributed by atoms with Crippen LogP contribution in [0.25, 0.3) is 11.3 Å². The Morgan fingerprint density at radius 2 is 1.74 bits per heavy atom. The zero-order chi connectivity index (χ0) is 19.2. The highest BCUT2D eigenvalue weighted by molar-refractivity contribution is 6.88. The van der Waals surface area contributed by atoms with Gasteiger partial charge in [-0.3, -0.25) is 4.98 Å². The lowest BCUT2D eigenvalue weighted by Crippen LogP contribution is -2.37. The van der Waals surface area contributed by atoms with Crippen LogP contribution >= 0.6 is 0 Å². The Balaban J connectivity index is 2.62. The molecule has 0 saturated carbocycles. The van der Waals surface area contributed by atoms with Crippen molar-refractivity contribution in [3.8, 4) is 11.3 Å². The zero-order valence-electron chi connectivity index (χ0n) is 17.8. The van der Waals surface area contributed by atoms with E-state index in [1.165, 1.54) is 17.4 Å².